The molecule has 0 unspecified atom stereocenters. The normalized spacial score (nSPS) is 10.5. The molecule has 3 rings (SSSR count). The van der Waals surface area contributed by atoms with Crippen LogP contribution in [0.25, 0.3) is 10.9 Å². The standard InChI is InChI=1S/C16H12FN3O/c1-20-16-5-3-2-4-13(16)15(19-20)10-21-12-7-6-11(9-18)14(17)8-12/h2-8H,10H2,1H3. The second-order valence-corrected chi connectivity index (χ2v) is 4.63. The van der Waals surface area contributed by atoms with Crippen molar-refractivity contribution in [1.29, 1.82) is 5.26 Å². The summed E-state index contributed by atoms with van der Waals surface area (Å²) in [4.78, 5) is 0. The first-order chi connectivity index (χ1) is 10.2. The van der Waals surface area contributed by atoms with Crippen molar-refractivity contribution in [1.82, 2.24) is 9.78 Å². The third-order valence-electron chi connectivity index (χ3n) is 3.27. The van der Waals surface area contributed by atoms with Crippen LogP contribution in [0, 0.1) is 17.1 Å². The van der Waals surface area contributed by atoms with E-state index in [4.69, 9.17) is 10.00 Å². The fourth-order valence-electron chi connectivity index (χ4n) is 2.22. The van der Waals surface area contributed by atoms with Crippen molar-refractivity contribution in [2.24, 2.45) is 7.05 Å². The molecule has 5 heteroatoms. The minimum atomic E-state index is -0.583. The molecule has 1 aromatic heterocycles. The molecule has 0 saturated heterocycles. The molecule has 2 aromatic carbocycles. The molecule has 3 aromatic rings. The molecule has 0 aliphatic heterocycles. The predicted molar refractivity (Wildman–Crippen MR) is 76.2 cm³/mol. The minimum absolute atomic E-state index is 0.00522. The van der Waals surface area contributed by atoms with Crippen molar-refractivity contribution >= 4 is 10.9 Å². The summed E-state index contributed by atoms with van der Waals surface area (Å²) in [5, 5.41) is 14.1. The Bertz CT molecular complexity index is 848. The topological polar surface area (TPSA) is 50.8 Å². The smallest absolute Gasteiger partial charge is 0.144 e. The Morgan fingerprint density at radius 3 is 2.86 bits per heavy atom. The van der Waals surface area contributed by atoms with E-state index in [1.54, 1.807) is 16.8 Å². The van der Waals surface area contributed by atoms with Crippen LogP contribution in [0.5, 0.6) is 5.75 Å². The lowest BCUT2D eigenvalue weighted by Gasteiger charge is -2.05. The molecule has 0 amide bonds. The number of fused-ring (bicyclic) bond motifs is 1. The average Bonchev–Trinajstić information content (AvgIpc) is 2.82. The van der Waals surface area contributed by atoms with E-state index in [-0.39, 0.29) is 12.2 Å². The SMILES string of the molecule is Cn1nc(COc2ccc(C#N)c(F)c2)c2ccccc21. The van der Waals surface area contributed by atoms with E-state index in [1.165, 1.54) is 12.1 Å². The molecule has 0 aliphatic carbocycles. The number of rotatable bonds is 3. The summed E-state index contributed by atoms with van der Waals surface area (Å²) in [6, 6.07) is 13.8. The molecule has 104 valence electrons. The van der Waals surface area contributed by atoms with Gasteiger partial charge in [-0.25, -0.2) is 4.39 Å². The van der Waals surface area contributed by atoms with Gasteiger partial charge in [-0.15, -0.1) is 0 Å². The summed E-state index contributed by atoms with van der Waals surface area (Å²) in [6.07, 6.45) is 0. The van der Waals surface area contributed by atoms with Gasteiger partial charge in [0.1, 0.15) is 29.9 Å². The third kappa shape index (κ3) is 2.43. The van der Waals surface area contributed by atoms with Gasteiger partial charge in [0.05, 0.1) is 11.1 Å². The maximum absolute atomic E-state index is 13.5. The summed E-state index contributed by atoms with van der Waals surface area (Å²) >= 11 is 0. The number of aromatic nitrogens is 2. The van der Waals surface area contributed by atoms with Gasteiger partial charge in [-0.3, -0.25) is 4.68 Å². The van der Waals surface area contributed by atoms with Crippen LogP contribution in [0.4, 0.5) is 4.39 Å². The largest absolute Gasteiger partial charge is 0.487 e. The van der Waals surface area contributed by atoms with Crippen LogP contribution in [0.15, 0.2) is 42.5 Å². The van der Waals surface area contributed by atoms with Gasteiger partial charge >= 0.3 is 0 Å². The summed E-state index contributed by atoms with van der Waals surface area (Å²) in [5.41, 5.74) is 1.81. The molecule has 0 bridgehead atoms. The van der Waals surface area contributed by atoms with Crippen LogP contribution in [0.3, 0.4) is 0 Å². The monoisotopic (exact) mass is 281 g/mol. The molecule has 0 atom stereocenters. The number of hydrogen-bond acceptors (Lipinski definition) is 3. The average molecular weight is 281 g/mol. The number of ether oxygens (including phenoxy) is 1. The van der Waals surface area contributed by atoms with Crippen molar-refractivity contribution in [3.05, 3.63) is 59.5 Å². The van der Waals surface area contributed by atoms with E-state index in [0.717, 1.165) is 16.6 Å². The molecule has 0 fully saturated rings. The van der Waals surface area contributed by atoms with Crippen molar-refractivity contribution in [2.75, 3.05) is 0 Å². The number of halogens is 1. The molecule has 21 heavy (non-hydrogen) atoms. The summed E-state index contributed by atoms with van der Waals surface area (Å²) < 4.78 is 20.9. The molecule has 0 N–H and O–H groups in total. The Morgan fingerprint density at radius 1 is 1.29 bits per heavy atom. The quantitative estimate of drug-likeness (QED) is 0.741. The Morgan fingerprint density at radius 2 is 2.10 bits per heavy atom. The highest BCUT2D eigenvalue weighted by molar-refractivity contribution is 5.81. The van der Waals surface area contributed by atoms with Gasteiger partial charge in [0, 0.05) is 18.5 Å². The summed E-state index contributed by atoms with van der Waals surface area (Å²) in [5.74, 6) is -0.206. The molecule has 1 heterocycles. The molecule has 0 saturated carbocycles. The molecule has 0 aliphatic rings. The van der Waals surface area contributed by atoms with Crippen molar-refractivity contribution < 1.29 is 9.13 Å². The number of nitrogens with zero attached hydrogens (tertiary/aromatic N) is 3. The number of hydrogen-bond donors (Lipinski definition) is 0. The van der Waals surface area contributed by atoms with Gasteiger partial charge in [-0.1, -0.05) is 18.2 Å². The van der Waals surface area contributed by atoms with E-state index in [2.05, 4.69) is 5.10 Å². The number of nitriles is 1. The van der Waals surface area contributed by atoms with Gasteiger partial charge in [-0.05, 0) is 18.2 Å². The molecule has 4 nitrogen and oxygen atoms in total. The Hall–Kier alpha value is -2.87. The van der Waals surface area contributed by atoms with Gasteiger partial charge in [0.25, 0.3) is 0 Å². The Balaban J connectivity index is 1.84. The fraction of sp³-hybridized carbons (Fsp3) is 0.125. The lowest BCUT2D eigenvalue weighted by Crippen LogP contribution is -1.99. The first kappa shape index (κ1) is 13.1. The number of aryl methyl sites for hydroxylation is 1. The number of para-hydroxylation sites is 1. The predicted octanol–water partition coefficient (Wildman–Crippen LogP) is 3.16. The highest BCUT2D eigenvalue weighted by Crippen LogP contribution is 2.21. The van der Waals surface area contributed by atoms with E-state index in [9.17, 15) is 4.39 Å². The van der Waals surface area contributed by atoms with Crippen LogP contribution in [0.2, 0.25) is 0 Å². The van der Waals surface area contributed by atoms with E-state index in [0.29, 0.717) is 5.75 Å². The van der Waals surface area contributed by atoms with Crippen molar-refractivity contribution in [3.8, 4) is 11.8 Å². The maximum atomic E-state index is 13.5. The Kier molecular flexibility index (Phi) is 3.28. The van der Waals surface area contributed by atoms with Crippen LogP contribution < -0.4 is 4.74 Å². The highest BCUT2D eigenvalue weighted by Gasteiger charge is 2.09. The Labute approximate surface area is 121 Å². The van der Waals surface area contributed by atoms with Gasteiger partial charge < -0.3 is 4.74 Å². The first-order valence-electron chi connectivity index (χ1n) is 6.42. The van der Waals surface area contributed by atoms with E-state index >= 15 is 0 Å². The molecular weight excluding hydrogens is 269 g/mol. The maximum Gasteiger partial charge on any atom is 0.144 e. The molecule has 0 radical (unpaired) electrons. The van der Waals surface area contributed by atoms with Gasteiger partial charge in [0.15, 0.2) is 0 Å². The van der Waals surface area contributed by atoms with Crippen LogP contribution in [-0.4, -0.2) is 9.78 Å². The number of benzene rings is 2. The second kappa shape index (κ2) is 5.25. The molecular formula is C16H12FN3O. The van der Waals surface area contributed by atoms with Crippen molar-refractivity contribution in [2.45, 2.75) is 6.61 Å². The summed E-state index contributed by atoms with van der Waals surface area (Å²) in [7, 11) is 1.87. The van der Waals surface area contributed by atoms with Gasteiger partial charge in [-0.2, -0.15) is 10.4 Å². The van der Waals surface area contributed by atoms with Gasteiger partial charge in [0.2, 0.25) is 0 Å². The zero-order valence-electron chi connectivity index (χ0n) is 11.4. The van der Waals surface area contributed by atoms with E-state index < -0.39 is 5.82 Å². The lowest BCUT2D eigenvalue weighted by molar-refractivity contribution is 0.300. The lowest BCUT2D eigenvalue weighted by atomic mass is 10.2. The van der Waals surface area contributed by atoms with Crippen LogP contribution in [-0.2, 0) is 13.7 Å². The van der Waals surface area contributed by atoms with Crippen molar-refractivity contribution in [3.63, 3.8) is 0 Å². The van der Waals surface area contributed by atoms with Crippen LogP contribution >= 0.6 is 0 Å². The molecule has 0 spiro atoms. The van der Waals surface area contributed by atoms with E-state index in [1.807, 2.05) is 31.3 Å². The first-order valence-corrected chi connectivity index (χ1v) is 6.42. The third-order valence-corrected chi connectivity index (χ3v) is 3.27. The second-order valence-electron chi connectivity index (χ2n) is 4.63. The van der Waals surface area contributed by atoms with Crippen LogP contribution in [0.1, 0.15) is 11.3 Å². The fourth-order valence-corrected chi connectivity index (χ4v) is 2.22. The highest BCUT2D eigenvalue weighted by atomic mass is 19.1. The zero-order chi connectivity index (χ0) is 14.8. The minimum Gasteiger partial charge on any atom is -0.487 e. The zero-order valence-corrected chi connectivity index (χ0v) is 11.4. The summed E-state index contributed by atoms with van der Waals surface area (Å²) in [6.45, 7) is 0.243.